The number of benzene rings is 2. The maximum Gasteiger partial charge on any atom is 0.306 e. The van der Waals surface area contributed by atoms with E-state index in [1.807, 2.05) is 24.3 Å². The first kappa shape index (κ1) is 21.1. The van der Waals surface area contributed by atoms with E-state index in [0.29, 0.717) is 0 Å². The summed E-state index contributed by atoms with van der Waals surface area (Å²) in [5.41, 5.74) is 3.33. The van der Waals surface area contributed by atoms with Gasteiger partial charge in [-0.3, -0.25) is 9.63 Å². The molecule has 0 fully saturated rings. The van der Waals surface area contributed by atoms with Gasteiger partial charge < -0.3 is 8.92 Å². The molecule has 1 atom stereocenters. The quantitative estimate of drug-likeness (QED) is 0.385. The van der Waals surface area contributed by atoms with Crippen molar-refractivity contribution in [3.05, 3.63) is 54.1 Å². The summed E-state index contributed by atoms with van der Waals surface area (Å²) in [6.07, 6.45) is 0.980. The maximum absolute atomic E-state index is 12.1. The molecule has 0 aliphatic heterocycles. The normalized spacial score (nSPS) is 12.3. The monoisotopic (exact) mass is 411 g/mol. The van der Waals surface area contributed by atoms with E-state index < -0.39 is 15.4 Å². The Balaban J connectivity index is 1.79. The van der Waals surface area contributed by atoms with E-state index in [4.69, 9.17) is 13.8 Å². The number of ether oxygens (including phenoxy) is 1. The molecule has 2 aromatic rings. The largest absolute Gasteiger partial charge is 0.497 e. The fourth-order valence-corrected chi connectivity index (χ4v) is 3.32. The van der Waals surface area contributed by atoms with Gasteiger partial charge in [-0.05, 0) is 48.9 Å². The fourth-order valence-electron chi connectivity index (χ4n) is 2.00. The minimum absolute atomic E-state index is 0.224. The van der Waals surface area contributed by atoms with E-state index in [9.17, 15) is 13.2 Å². The molecule has 2 aromatic carbocycles. The van der Waals surface area contributed by atoms with Crippen LogP contribution in [0.15, 0.2) is 53.4 Å². The molecule has 0 saturated carbocycles. The smallest absolute Gasteiger partial charge is 0.306 e. The van der Waals surface area contributed by atoms with Crippen molar-refractivity contribution in [1.82, 2.24) is 5.48 Å². The minimum Gasteiger partial charge on any atom is -0.497 e. The van der Waals surface area contributed by atoms with Gasteiger partial charge >= 0.3 is 10.1 Å². The third kappa shape index (κ3) is 7.49. The van der Waals surface area contributed by atoms with Crippen LogP contribution in [0.5, 0.6) is 11.5 Å². The summed E-state index contributed by atoms with van der Waals surface area (Å²) in [5, 5.41) is -0.400. The van der Waals surface area contributed by atoms with Crippen LogP contribution in [-0.4, -0.2) is 32.9 Å². The van der Waals surface area contributed by atoms with Gasteiger partial charge in [0.05, 0.1) is 25.2 Å². The number of methoxy groups -OCH3 is 1. The van der Waals surface area contributed by atoms with Crippen molar-refractivity contribution in [3.8, 4) is 11.5 Å². The highest BCUT2D eigenvalue weighted by atomic mass is 32.2. The van der Waals surface area contributed by atoms with Crippen molar-refractivity contribution in [2.24, 2.45) is 0 Å². The van der Waals surface area contributed by atoms with Crippen molar-refractivity contribution >= 4 is 27.8 Å². The molecule has 1 N–H and O–H groups in total. The molecule has 9 heteroatoms. The van der Waals surface area contributed by atoms with Crippen LogP contribution in [0.3, 0.4) is 0 Å². The molecule has 0 aromatic heterocycles. The van der Waals surface area contributed by atoms with Crippen LogP contribution in [0.1, 0.15) is 12.5 Å². The predicted molar refractivity (Wildman–Crippen MR) is 103 cm³/mol. The van der Waals surface area contributed by atoms with Crippen molar-refractivity contribution in [1.29, 1.82) is 0 Å². The first-order valence-electron chi connectivity index (χ1n) is 7.97. The summed E-state index contributed by atoms with van der Waals surface area (Å²) in [6, 6.07) is 13.8. The summed E-state index contributed by atoms with van der Waals surface area (Å²) >= 11 is 1.32. The molecule has 0 heterocycles. The first-order valence-corrected chi connectivity index (χ1v) is 10.7. The molecule has 2 rings (SSSR count). The van der Waals surface area contributed by atoms with Crippen LogP contribution in [0, 0.1) is 0 Å². The third-order valence-electron chi connectivity index (χ3n) is 3.32. The molecule has 0 spiro atoms. The van der Waals surface area contributed by atoms with Gasteiger partial charge in [0.2, 0.25) is 0 Å². The number of hydrogen-bond acceptors (Lipinski definition) is 7. The van der Waals surface area contributed by atoms with Crippen LogP contribution in [-0.2, 0) is 26.4 Å². The lowest BCUT2D eigenvalue weighted by Gasteiger charge is -2.12. The lowest BCUT2D eigenvalue weighted by molar-refractivity contribution is -0.133. The van der Waals surface area contributed by atoms with Gasteiger partial charge in [0, 0.05) is 4.90 Å². The van der Waals surface area contributed by atoms with E-state index in [1.165, 1.54) is 23.9 Å². The highest BCUT2D eigenvalue weighted by Gasteiger charge is 2.15. The van der Waals surface area contributed by atoms with Crippen LogP contribution < -0.4 is 14.4 Å². The highest BCUT2D eigenvalue weighted by molar-refractivity contribution is 8.00. The summed E-state index contributed by atoms with van der Waals surface area (Å²) in [5.74, 6) is 0.701. The lowest BCUT2D eigenvalue weighted by atomic mass is 10.2. The van der Waals surface area contributed by atoms with Gasteiger partial charge in [-0.25, -0.2) is 5.48 Å². The van der Waals surface area contributed by atoms with Crippen molar-refractivity contribution in [2.75, 3.05) is 13.4 Å². The van der Waals surface area contributed by atoms with Gasteiger partial charge in [-0.15, -0.1) is 11.8 Å². The summed E-state index contributed by atoms with van der Waals surface area (Å²) in [6.45, 7) is 1.99. The van der Waals surface area contributed by atoms with Gasteiger partial charge in [0.1, 0.15) is 11.5 Å². The Kier molecular flexibility index (Phi) is 7.52. The van der Waals surface area contributed by atoms with Crippen molar-refractivity contribution < 1.29 is 27.0 Å². The number of amides is 1. The molecule has 0 aliphatic carbocycles. The average molecular weight is 412 g/mol. The Hall–Kier alpha value is -2.23. The third-order valence-corrected chi connectivity index (χ3v) is 4.93. The number of nitrogens with one attached hydrogen (secondary N) is 1. The van der Waals surface area contributed by atoms with Gasteiger partial charge in [0.15, 0.2) is 0 Å². The molecule has 1 amide bonds. The minimum atomic E-state index is -3.56. The molecule has 27 heavy (non-hydrogen) atoms. The second-order valence-corrected chi connectivity index (χ2v) is 8.61. The Morgan fingerprint density at radius 2 is 1.67 bits per heavy atom. The average Bonchev–Trinajstić information content (AvgIpc) is 2.62. The topological polar surface area (TPSA) is 90.9 Å². The van der Waals surface area contributed by atoms with E-state index in [2.05, 4.69) is 5.48 Å². The molecule has 0 bridgehead atoms. The number of carbonyl (C=O) groups is 1. The Morgan fingerprint density at radius 1 is 1.07 bits per heavy atom. The SMILES string of the molecule is COc1ccc(CONC(=O)C(C)Sc2ccc(OS(C)(=O)=O)cc2)cc1. The second kappa shape index (κ2) is 9.63. The maximum atomic E-state index is 12.1. The van der Waals surface area contributed by atoms with E-state index in [0.717, 1.165) is 22.5 Å². The first-order chi connectivity index (χ1) is 12.8. The fraction of sp³-hybridized carbons (Fsp3) is 0.278. The number of hydroxylamine groups is 1. The van der Waals surface area contributed by atoms with E-state index >= 15 is 0 Å². The molecule has 7 nitrogen and oxygen atoms in total. The Labute approximate surface area is 163 Å². The highest BCUT2D eigenvalue weighted by Crippen LogP contribution is 2.26. The lowest BCUT2D eigenvalue weighted by Crippen LogP contribution is -2.30. The molecule has 1 unspecified atom stereocenters. The number of rotatable bonds is 9. The van der Waals surface area contributed by atoms with Crippen molar-refractivity contribution in [2.45, 2.75) is 23.7 Å². The Bertz CT molecular complexity index is 850. The molecule has 0 aliphatic rings. The molecular formula is C18H21NO6S2. The molecule has 146 valence electrons. The standard InChI is InChI=1S/C18H21NO6S2/c1-13(26-17-10-8-16(9-11-17)25-27(3,21)22)18(20)19-24-12-14-4-6-15(23-2)7-5-14/h4-11,13H,12H2,1-3H3,(H,19,20). The molecule has 0 saturated heterocycles. The summed E-state index contributed by atoms with van der Waals surface area (Å²) < 4.78 is 32.0. The zero-order valence-corrected chi connectivity index (χ0v) is 16.8. The summed E-state index contributed by atoms with van der Waals surface area (Å²) in [4.78, 5) is 18.2. The molecule has 0 radical (unpaired) electrons. The van der Waals surface area contributed by atoms with Crippen molar-refractivity contribution in [3.63, 3.8) is 0 Å². The predicted octanol–water partition coefficient (Wildman–Crippen LogP) is 2.76. The number of hydrogen-bond donors (Lipinski definition) is 1. The van der Waals surface area contributed by atoms with Gasteiger partial charge in [0.25, 0.3) is 5.91 Å². The zero-order valence-electron chi connectivity index (χ0n) is 15.2. The number of carbonyl (C=O) groups excluding carboxylic acids is 1. The van der Waals surface area contributed by atoms with E-state index in [1.54, 1.807) is 26.2 Å². The second-order valence-electron chi connectivity index (χ2n) is 5.62. The van der Waals surface area contributed by atoms with E-state index in [-0.39, 0.29) is 18.3 Å². The van der Waals surface area contributed by atoms with Gasteiger partial charge in [-0.2, -0.15) is 8.42 Å². The molecular weight excluding hydrogens is 390 g/mol. The van der Waals surface area contributed by atoms with Gasteiger partial charge in [-0.1, -0.05) is 12.1 Å². The van der Waals surface area contributed by atoms with Crippen LogP contribution in [0.2, 0.25) is 0 Å². The van der Waals surface area contributed by atoms with Crippen LogP contribution in [0.4, 0.5) is 0 Å². The Morgan fingerprint density at radius 3 is 2.22 bits per heavy atom. The van der Waals surface area contributed by atoms with Crippen LogP contribution >= 0.6 is 11.8 Å². The van der Waals surface area contributed by atoms with Crippen LogP contribution in [0.25, 0.3) is 0 Å². The number of thioether (sulfide) groups is 1. The summed E-state index contributed by atoms with van der Waals surface area (Å²) in [7, 11) is -1.96. The zero-order chi connectivity index (χ0) is 19.9.